The third kappa shape index (κ3) is 5.16. The van der Waals surface area contributed by atoms with Crippen molar-refractivity contribution in [1.29, 1.82) is 0 Å². The third-order valence-corrected chi connectivity index (χ3v) is 6.00. The maximum Gasteiger partial charge on any atom is 0.225 e. The minimum absolute atomic E-state index is 0.116. The zero-order chi connectivity index (χ0) is 17.6. The monoisotopic (exact) mass is 356 g/mol. The lowest BCUT2D eigenvalue weighted by atomic mass is 9.95. The molecule has 0 aliphatic carbocycles. The summed E-state index contributed by atoms with van der Waals surface area (Å²) in [6.45, 7) is 7.36. The molecular weight excluding hydrogens is 328 g/mol. The number of hydrogen-bond acceptors (Lipinski definition) is 3. The largest absolute Gasteiger partial charge is 0.354 e. The first-order chi connectivity index (χ1) is 12.1. The van der Waals surface area contributed by atoms with Crippen molar-refractivity contribution in [2.75, 3.05) is 19.6 Å². The van der Waals surface area contributed by atoms with Crippen LogP contribution in [0.15, 0.2) is 41.8 Å². The van der Waals surface area contributed by atoms with Crippen molar-refractivity contribution in [3.05, 3.63) is 57.8 Å². The standard InChI is InChI=1S/C21H28N2OS/c1-16-5-7-18(8-6-16)20(23-11-9-17(2)10-12-23)15-22-21(24)14-19-4-3-13-25-19/h3-8,13,17,20H,9-12,14-15H2,1-2H3,(H,22,24). The maximum absolute atomic E-state index is 12.3. The highest BCUT2D eigenvalue weighted by Crippen LogP contribution is 2.26. The van der Waals surface area contributed by atoms with E-state index < -0.39 is 0 Å². The van der Waals surface area contributed by atoms with Crippen LogP contribution in [0.3, 0.4) is 0 Å². The normalized spacial score (nSPS) is 17.4. The van der Waals surface area contributed by atoms with Crippen LogP contribution in [0, 0.1) is 12.8 Å². The molecule has 0 radical (unpaired) electrons. The molecule has 0 spiro atoms. The summed E-state index contributed by atoms with van der Waals surface area (Å²) in [6.07, 6.45) is 2.96. The Kier molecular flexibility index (Phi) is 6.27. The molecule has 1 aliphatic heterocycles. The zero-order valence-corrected chi connectivity index (χ0v) is 16.0. The summed E-state index contributed by atoms with van der Waals surface area (Å²) < 4.78 is 0. The van der Waals surface area contributed by atoms with Crippen LogP contribution in [0.2, 0.25) is 0 Å². The van der Waals surface area contributed by atoms with Gasteiger partial charge in [-0.25, -0.2) is 0 Å². The summed E-state index contributed by atoms with van der Waals surface area (Å²) in [7, 11) is 0. The van der Waals surface area contributed by atoms with Crippen LogP contribution in [0.25, 0.3) is 0 Å². The van der Waals surface area contributed by atoms with Gasteiger partial charge in [-0.15, -0.1) is 11.3 Å². The molecule has 1 unspecified atom stereocenters. The number of benzene rings is 1. The van der Waals surface area contributed by atoms with E-state index >= 15 is 0 Å². The Morgan fingerprint density at radius 1 is 1.24 bits per heavy atom. The van der Waals surface area contributed by atoms with Gasteiger partial charge in [0.15, 0.2) is 0 Å². The average molecular weight is 357 g/mol. The van der Waals surface area contributed by atoms with Crippen molar-refractivity contribution in [3.8, 4) is 0 Å². The smallest absolute Gasteiger partial charge is 0.225 e. The van der Waals surface area contributed by atoms with E-state index in [1.54, 1.807) is 11.3 Å². The average Bonchev–Trinajstić information content (AvgIpc) is 3.11. The van der Waals surface area contributed by atoms with Gasteiger partial charge in [0.05, 0.1) is 12.5 Å². The van der Waals surface area contributed by atoms with Gasteiger partial charge in [0.25, 0.3) is 0 Å². The van der Waals surface area contributed by atoms with Crippen LogP contribution < -0.4 is 5.32 Å². The van der Waals surface area contributed by atoms with Gasteiger partial charge in [0.1, 0.15) is 0 Å². The van der Waals surface area contributed by atoms with Crippen LogP contribution in [0.4, 0.5) is 0 Å². The summed E-state index contributed by atoms with van der Waals surface area (Å²) in [4.78, 5) is 16.0. The van der Waals surface area contributed by atoms with Crippen molar-refractivity contribution in [2.24, 2.45) is 5.92 Å². The second kappa shape index (κ2) is 8.63. The predicted molar refractivity (Wildman–Crippen MR) is 105 cm³/mol. The van der Waals surface area contributed by atoms with Gasteiger partial charge in [-0.1, -0.05) is 42.8 Å². The van der Waals surface area contributed by atoms with Crippen molar-refractivity contribution in [2.45, 2.75) is 39.2 Å². The molecular formula is C21H28N2OS. The van der Waals surface area contributed by atoms with Gasteiger partial charge in [0.2, 0.25) is 5.91 Å². The number of likely N-dealkylation sites (tertiary alicyclic amines) is 1. The molecule has 4 heteroatoms. The topological polar surface area (TPSA) is 32.3 Å². The van der Waals surface area contributed by atoms with Crippen LogP contribution in [-0.4, -0.2) is 30.4 Å². The third-order valence-electron chi connectivity index (χ3n) is 5.13. The number of carbonyl (C=O) groups excluding carboxylic acids is 1. The lowest BCUT2D eigenvalue weighted by Gasteiger charge is -2.37. The van der Waals surface area contributed by atoms with Crippen molar-refractivity contribution in [1.82, 2.24) is 10.2 Å². The van der Waals surface area contributed by atoms with Gasteiger partial charge in [0, 0.05) is 11.4 Å². The fraction of sp³-hybridized carbons (Fsp3) is 0.476. The number of nitrogens with zero attached hydrogens (tertiary/aromatic N) is 1. The number of hydrogen-bond donors (Lipinski definition) is 1. The van der Waals surface area contributed by atoms with Crippen LogP contribution in [0.5, 0.6) is 0 Å². The number of piperidine rings is 1. The van der Waals surface area contributed by atoms with Crippen molar-refractivity contribution < 1.29 is 4.79 Å². The first-order valence-corrected chi connectivity index (χ1v) is 10.1. The summed E-state index contributed by atoms with van der Waals surface area (Å²) in [5.74, 6) is 0.924. The molecule has 1 N–H and O–H groups in total. The van der Waals surface area contributed by atoms with Gasteiger partial charge in [-0.05, 0) is 55.8 Å². The predicted octanol–water partition coefficient (Wildman–Crippen LogP) is 4.19. The maximum atomic E-state index is 12.3. The molecule has 0 saturated carbocycles. The first kappa shape index (κ1) is 18.2. The highest BCUT2D eigenvalue weighted by Gasteiger charge is 2.25. The molecule has 1 aromatic heterocycles. The Balaban J connectivity index is 1.65. The van der Waals surface area contributed by atoms with E-state index in [-0.39, 0.29) is 11.9 Å². The highest BCUT2D eigenvalue weighted by atomic mass is 32.1. The first-order valence-electron chi connectivity index (χ1n) is 9.21. The molecule has 1 saturated heterocycles. The number of nitrogens with one attached hydrogen (secondary N) is 1. The highest BCUT2D eigenvalue weighted by molar-refractivity contribution is 7.10. The molecule has 0 bridgehead atoms. The van der Waals surface area contributed by atoms with Gasteiger partial charge in [-0.2, -0.15) is 0 Å². The Morgan fingerprint density at radius 3 is 2.60 bits per heavy atom. The van der Waals surface area contributed by atoms with E-state index in [9.17, 15) is 4.79 Å². The number of aryl methyl sites for hydroxylation is 1. The lowest BCUT2D eigenvalue weighted by Crippen LogP contribution is -2.42. The quantitative estimate of drug-likeness (QED) is 0.842. The van der Waals surface area contributed by atoms with Gasteiger partial charge < -0.3 is 5.32 Å². The Morgan fingerprint density at radius 2 is 1.96 bits per heavy atom. The second-order valence-electron chi connectivity index (χ2n) is 7.21. The summed E-state index contributed by atoms with van der Waals surface area (Å²) in [6, 6.07) is 13.0. The summed E-state index contributed by atoms with van der Waals surface area (Å²) in [5.41, 5.74) is 2.58. The summed E-state index contributed by atoms with van der Waals surface area (Å²) >= 11 is 1.64. The minimum atomic E-state index is 0.116. The lowest BCUT2D eigenvalue weighted by molar-refractivity contribution is -0.120. The SMILES string of the molecule is Cc1ccc(C(CNC(=O)Cc2cccs2)N2CCC(C)CC2)cc1. The minimum Gasteiger partial charge on any atom is -0.354 e. The molecule has 1 aromatic carbocycles. The Hall–Kier alpha value is -1.65. The number of rotatable bonds is 6. The van der Waals surface area contributed by atoms with E-state index in [1.807, 2.05) is 17.5 Å². The molecule has 1 aliphatic rings. The molecule has 134 valence electrons. The molecule has 1 fully saturated rings. The molecule has 3 nitrogen and oxygen atoms in total. The summed E-state index contributed by atoms with van der Waals surface area (Å²) in [5, 5.41) is 5.19. The van der Waals surface area contributed by atoms with Gasteiger partial charge in [-0.3, -0.25) is 9.69 Å². The van der Waals surface area contributed by atoms with Crippen LogP contribution >= 0.6 is 11.3 Å². The number of thiophene rings is 1. The molecule has 2 aromatic rings. The molecule has 3 rings (SSSR count). The molecule has 1 amide bonds. The fourth-order valence-electron chi connectivity index (χ4n) is 3.43. The Bertz CT molecular complexity index is 658. The second-order valence-corrected chi connectivity index (χ2v) is 8.24. The van der Waals surface area contributed by atoms with E-state index in [2.05, 4.69) is 48.3 Å². The van der Waals surface area contributed by atoms with E-state index in [0.717, 1.165) is 23.9 Å². The number of carbonyl (C=O) groups is 1. The molecule has 1 atom stereocenters. The van der Waals surface area contributed by atoms with Crippen molar-refractivity contribution in [3.63, 3.8) is 0 Å². The van der Waals surface area contributed by atoms with E-state index in [0.29, 0.717) is 13.0 Å². The van der Waals surface area contributed by atoms with E-state index in [1.165, 1.54) is 24.0 Å². The molecule has 2 heterocycles. The molecule has 25 heavy (non-hydrogen) atoms. The van der Waals surface area contributed by atoms with Crippen LogP contribution in [-0.2, 0) is 11.2 Å². The van der Waals surface area contributed by atoms with Gasteiger partial charge >= 0.3 is 0 Å². The van der Waals surface area contributed by atoms with E-state index in [4.69, 9.17) is 0 Å². The van der Waals surface area contributed by atoms with Crippen LogP contribution in [0.1, 0.15) is 41.8 Å². The van der Waals surface area contributed by atoms with Crippen molar-refractivity contribution >= 4 is 17.2 Å². The Labute approximate surface area is 155 Å². The number of amides is 1. The fourth-order valence-corrected chi connectivity index (χ4v) is 4.13. The zero-order valence-electron chi connectivity index (χ0n) is 15.2.